The van der Waals surface area contributed by atoms with Gasteiger partial charge in [0, 0.05) is 16.7 Å². The summed E-state index contributed by atoms with van der Waals surface area (Å²) in [7, 11) is 0. The number of fused-ring (bicyclic) bond motifs is 1. The molecule has 15 heavy (non-hydrogen) atoms. The van der Waals surface area contributed by atoms with Crippen LogP contribution in [0.15, 0.2) is 29.8 Å². The number of carbonyl (C=O) groups excluding carboxylic acids is 2. The van der Waals surface area contributed by atoms with Crippen molar-refractivity contribution in [1.82, 2.24) is 0 Å². The standard InChI is InChI=1S/C12H10O3/c1-7-4-11(14)10-5-8(6-13)2-3-9(10)12(7)15/h2-5,13H,6H2,1H3. The van der Waals surface area contributed by atoms with E-state index in [4.69, 9.17) is 5.11 Å². The van der Waals surface area contributed by atoms with Gasteiger partial charge in [0.15, 0.2) is 11.6 Å². The molecule has 0 spiro atoms. The van der Waals surface area contributed by atoms with Gasteiger partial charge in [0.1, 0.15) is 0 Å². The molecule has 0 amide bonds. The van der Waals surface area contributed by atoms with Gasteiger partial charge in [-0.15, -0.1) is 0 Å². The lowest BCUT2D eigenvalue weighted by Gasteiger charge is -2.13. The molecule has 0 saturated carbocycles. The highest BCUT2D eigenvalue weighted by molar-refractivity contribution is 6.24. The molecule has 0 atom stereocenters. The van der Waals surface area contributed by atoms with Crippen LogP contribution in [0.1, 0.15) is 33.2 Å². The normalized spacial score (nSPS) is 14.9. The van der Waals surface area contributed by atoms with E-state index in [0.717, 1.165) is 0 Å². The molecule has 3 nitrogen and oxygen atoms in total. The Hall–Kier alpha value is -1.74. The van der Waals surface area contributed by atoms with Crippen LogP contribution in [0.3, 0.4) is 0 Å². The molecule has 1 aliphatic carbocycles. The molecule has 0 saturated heterocycles. The van der Waals surface area contributed by atoms with Crippen molar-refractivity contribution in [3.05, 3.63) is 46.5 Å². The van der Waals surface area contributed by atoms with E-state index in [2.05, 4.69) is 0 Å². The number of allylic oxidation sites excluding steroid dienone is 2. The number of carbonyl (C=O) groups is 2. The van der Waals surface area contributed by atoms with Crippen molar-refractivity contribution >= 4 is 11.6 Å². The van der Waals surface area contributed by atoms with E-state index in [1.165, 1.54) is 6.08 Å². The first kappa shape index (κ1) is 9.80. The summed E-state index contributed by atoms with van der Waals surface area (Å²) in [4.78, 5) is 23.3. The molecule has 0 aliphatic heterocycles. The molecular weight excluding hydrogens is 192 g/mol. The van der Waals surface area contributed by atoms with E-state index in [1.54, 1.807) is 25.1 Å². The number of hydrogen-bond donors (Lipinski definition) is 1. The van der Waals surface area contributed by atoms with Crippen molar-refractivity contribution in [2.45, 2.75) is 13.5 Å². The Morgan fingerprint density at radius 2 is 1.93 bits per heavy atom. The summed E-state index contributed by atoms with van der Waals surface area (Å²) in [6.07, 6.45) is 1.34. The van der Waals surface area contributed by atoms with E-state index in [1.807, 2.05) is 0 Å². The van der Waals surface area contributed by atoms with E-state index in [9.17, 15) is 9.59 Å². The molecule has 1 N–H and O–H groups in total. The van der Waals surface area contributed by atoms with Gasteiger partial charge in [-0.1, -0.05) is 6.07 Å². The number of ketones is 2. The number of rotatable bonds is 1. The number of aliphatic hydroxyl groups excluding tert-OH is 1. The lowest BCUT2D eigenvalue weighted by atomic mass is 9.89. The fourth-order valence-electron chi connectivity index (χ4n) is 1.64. The summed E-state index contributed by atoms with van der Waals surface area (Å²) in [5.74, 6) is -0.286. The predicted molar refractivity (Wildman–Crippen MR) is 54.8 cm³/mol. The van der Waals surface area contributed by atoms with Crippen molar-refractivity contribution in [2.75, 3.05) is 0 Å². The average Bonchev–Trinajstić information content (AvgIpc) is 2.25. The van der Waals surface area contributed by atoms with Crippen LogP contribution in [0.25, 0.3) is 0 Å². The van der Waals surface area contributed by atoms with Crippen LogP contribution >= 0.6 is 0 Å². The number of aliphatic hydroxyl groups is 1. The largest absolute Gasteiger partial charge is 0.392 e. The SMILES string of the molecule is CC1=CC(=O)c2cc(CO)ccc2C1=O. The summed E-state index contributed by atoms with van der Waals surface area (Å²) in [6, 6.07) is 4.82. The van der Waals surface area contributed by atoms with Gasteiger partial charge in [-0.05, 0) is 30.7 Å². The minimum Gasteiger partial charge on any atom is -0.392 e. The molecule has 0 bridgehead atoms. The lowest BCUT2D eigenvalue weighted by molar-refractivity contribution is 0.0984. The average molecular weight is 202 g/mol. The number of benzene rings is 1. The first-order chi connectivity index (χ1) is 7.13. The fourth-order valence-corrected chi connectivity index (χ4v) is 1.64. The third-order valence-corrected chi connectivity index (χ3v) is 2.48. The maximum absolute atomic E-state index is 11.7. The van der Waals surface area contributed by atoms with Crippen molar-refractivity contribution in [1.29, 1.82) is 0 Å². The lowest BCUT2D eigenvalue weighted by Crippen LogP contribution is -2.15. The minimum absolute atomic E-state index is 0.117. The summed E-state index contributed by atoms with van der Waals surface area (Å²) < 4.78 is 0. The molecule has 1 aromatic carbocycles. The first-order valence-corrected chi connectivity index (χ1v) is 4.64. The molecule has 1 aliphatic rings. The Morgan fingerprint density at radius 1 is 1.20 bits per heavy atom. The Balaban J connectivity index is 2.62. The molecule has 2 rings (SSSR count). The van der Waals surface area contributed by atoms with E-state index < -0.39 is 0 Å². The van der Waals surface area contributed by atoms with Gasteiger partial charge in [0.05, 0.1) is 6.61 Å². The van der Waals surface area contributed by atoms with Crippen molar-refractivity contribution in [3.63, 3.8) is 0 Å². The molecule has 0 radical (unpaired) electrons. The highest BCUT2D eigenvalue weighted by atomic mass is 16.3. The Morgan fingerprint density at radius 3 is 2.60 bits per heavy atom. The predicted octanol–water partition coefficient (Wildman–Crippen LogP) is 1.50. The molecule has 76 valence electrons. The van der Waals surface area contributed by atoms with Crippen LogP contribution in [0, 0.1) is 0 Å². The van der Waals surface area contributed by atoms with Gasteiger partial charge >= 0.3 is 0 Å². The van der Waals surface area contributed by atoms with Crippen molar-refractivity contribution < 1.29 is 14.7 Å². The van der Waals surface area contributed by atoms with Gasteiger partial charge in [-0.2, -0.15) is 0 Å². The van der Waals surface area contributed by atoms with Gasteiger partial charge in [-0.25, -0.2) is 0 Å². The van der Waals surface area contributed by atoms with Gasteiger partial charge in [-0.3, -0.25) is 9.59 Å². The summed E-state index contributed by atoms with van der Waals surface area (Å²) in [5.41, 5.74) is 1.92. The molecule has 0 fully saturated rings. The zero-order valence-corrected chi connectivity index (χ0v) is 8.28. The smallest absolute Gasteiger partial charge is 0.189 e. The van der Waals surface area contributed by atoms with Crippen LogP contribution in [0.4, 0.5) is 0 Å². The molecule has 1 aromatic rings. The Kier molecular flexibility index (Phi) is 2.25. The second kappa shape index (κ2) is 3.44. The van der Waals surface area contributed by atoms with Gasteiger partial charge in [0.2, 0.25) is 0 Å². The molecule has 0 unspecified atom stereocenters. The summed E-state index contributed by atoms with van der Waals surface area (Å²) in [6.45, 7) is 1.50. The number of hydrogen-bond acceptors (Lipinski definition) is 3. The quantitative estimate of drug-likeness (QED) is 0.750. The second-order valence-electron chi connectivity index (χ2n) is 3.56. The molecule has 0 aromatic heterocycles. The molecule has 0 heterocycles. The summed E-state index contributed by atoms with van der Waals surface area (Å²) >= 11 is 0. The van der Waals surface area contributed by atoms with E-state index >= 15 is 0 Å². The van der Waals surface area contributed by atoms with E-state index in [0.29, 0.717) is 22.3 Å². The summed E-state index contributed by atoms with van der Waals surface area (Å²) in [5, 5.41) is 8.93. The molecule has 3 heteroatoms. The third-order valence-electron chi connectivity index (χ3n) is 2.48. The van der Waals surface area contributed by atoms with Crippen LogP contribution in [0.5, 0.6) is 0 Å². The van der Waals surface area contributed by atoms with E-state index in [-0.39, 0.29) is 18.2 Å². The van der Waals surface area contributed by atoms with Crippen LogP contribution in [0.2, 0.25) is 0 Å². The van der Waals surface area contributed by atoms with Crippen LogP contribution < -0.4 is 0 Å². The van der Waals surface area contributed by atoms with Gasteiger partial charge in [0.25, 0.3) is 0 Å². The third kappa shape index (κ3) is 1.51. The maximum Gasteiger partial charge on any atom is 0.189 e. The van der Waals surface area contributed by atoms with Crippen LogP contribution in [-0.2, 0) is 6.61 Å². The van der Waals surface area contributed by atoms with Crippen molar-refractivity contribution in [2.24, 2.45) is 0 Å². The van der Waals surface area contributed by atoms with Crippen molar-refractivity contribution in [3.8, 4) is 0 Å². The topological polar surface area (TPSA) is 54.4 Å². The molecular formula is C12H10O3. The zero-order chi connectivity index (χ0) is 11.0. The zero-order valence-electron chi connectivity index (χ0n) is 8.28. The Bertz CT molecular complexity index is 484. The highest BCUT2D eigenvalue weighted by Gasteiger charge is 2.22. The second-order valence-corrected chi connectivity index (χ2v) is 3.56. The van der Waals surface area contributed by atoms with Crippen LogP contribution in [-0.4, -0.2) is 16.7 Å². The van der Waals surface area contributed by atoms with Gasteiger partial charge < -0.3 is 5.11 Å². The maximum atomic E-state index is 11.7. The monoisotopic (exact) mass is 202 g/mol. The Labute approximate surface area is 87.0 Å². The highest BCUT2D eigenvalue weighted by Crippen LogP contribution is 2.22. The number of Topliss-reactive ketones (excluding diaryl/α,β-unsaturated/α-hetero) is 1. The first-order valence-electron chi connectivity index (χ1n) is 4.64. The fraction of sp³-hybridized carbons (Fsp3) is 0.167. The minimum atomic E-state index is -0.169.